The molecule has 31 heavy (non-hydrogen) atoms. The van der Waals surface area contributed by atoms with Crippen molar-refractivity contribution in [1.29, 1.82) is 0 Å². The molecule has 3 aromatic rings. The molecule has 2 N–H and O–H groups in total. The number of hydrogen-bond donors (Lipinski definition) is 2. The summed E-state index contributed by atoms with van der Waals surface area (Å²) < 4.78 is 0. The fourth-order valence-electron chi connectivity index (χ4n) is 4.19. The summed E-state index contributed by atoms with van der Waals surface area (Å²) in [4.78, 5) is 40.9. The Hall–Kier alpha value is -3.42. The first-order valence-corrected chi connectivity index (χ1v) is 10.6. The topological polar surface area (TPSA) is 94.2 Å². The molecule has 4 rings (SSSR count). The molecule has 8 heteroatoms. The number of nitrogens with one attached hydrogen (secondary N) is 2. The molecule has 0 spiro atoms. The molecule has 8 nitrogen and oxygen atoms in total. The number of aromatic nitrogens is 3. The van der Waals surface area contributed by atoms with Crippen LogP contribution in [0.25, 0.3) is 10.9 Å². The standard InChI is InChI=1S/C23H28N6O2/c1-15(30)29-10-6-9-20(29)23-26-17(12-21(24-2)27-23)14-28(3)22(31)11-16-13-25-19-8-5-4-7-18(16)19/h4-5,7-8,12-13,20,25H,6,9-11,14H2,1-3H3,(H,24,26,27)/t20-/m1/s1. The summed E-state index contributed by atoms with van der Waals surface area (Å²) in [5.74, 6) is 1.37. The van der Waals surface area contributed by atoms with Crippen LogP contribution in [0.1, 0.15) is 42.9 Å². The van der Waals surface area contributed by atoms with Crippen molar-refractivity contribution in [1.82, 2.24) is 24.8 Å². The highest BCUT2D eigenvalue weighted by atomic mass is 16.2. The Morgan fingerprint density at radius 1 is 1.29 bits per heavy atom. The number of para-hydroxylation sites is 1. The first kappa shape index (κ1) is 20.8. The maximum Gasteiger partial charge on any atom is 0.227 e. The molecule has 0 aliphatic carbocycles. The normalized spacial score (nSPS) is 16.0. The van der Waals surface area contributed by atoms with Gasteiger partial charge in [0.2, 0.25) is 11.8 Å². The van der Waals surface area contributed by atoms with Crippen molar-refractivity contribution < 1.29 is 9.59 Å². The zero-order valence-corrected chi connectivity index (χ0v) is 18.2. The molecule has 2 aromatic heterocycles. The SMILES string of the molecule is CNc1cc(CN(C)C(=O)Cc2c[nH]c3ccccc23)nc([C@H]2CCCN2C(C)=O)n1. The minimum absolute atomic E-state index is 0.0159. The van der Waals surface area contributed by atoms with Crippen LogP contribution in [0.4, 0.5) is 5.82 Å². The van der Waals surface area contributed by atoms with Crippen molar-refractivity contribution in [3.8, 4) is 0 Å². The molecule has 1 saturated heterocycles. The van der Waals surface area contributed by atoms with E-state index >= 15 is 0 Å². The van der Waals surface area contributed by atoms with Gasteiger partial charge < -0.3 is 20.1 Å². The van der Waals surface area contributed by atoms with Crippen LogP contribution in [-0.2, 0) is 22.6 Å². The third-order valence-electron chi connectivity index (χ3n) is 5.85. The fraction of sp³-hybridized carbons (Fsp3) is 0.391. The number of amides is 2. The highest BCUT2D eigenvalue weighted by Crippen LogP contribution is 2.30. The summed E-state index contributed by atoms with van der Waals surface area (Å²) in [5, 5.41) is 4.14. The van der Waals surface area contributed by atoms with Crippen LogP contribution in [0.15, 0.2) is 36.5 Å². The second-order valence-corrected chi connectivity index (χ2v) is 8.01. The summed E-state index contributed by atoms with van der Waals surface area (Å²) in [6.07, 6.45) is 4.00. The van der Waals surface area contributed by atoms with Crippen LogP contribution < -0.4 is 5.32 Å². The Bertz CT molecular complexity index is 1110. The van der Waals surface area contributed by atoms with E-state index in [1.54, 1.807) is 25.9 Å². The van der Waals surface area contributed by atoms with Crippen LogP contribution in [0.2, 0.25) is 0 Å². The average molecular weight is 421 g/mol. The van der Waals surface area contributed by atoms with Gasteiger partial charge in [0.25, 0.3) is 0 Å². The van der Waals surface area contributed by atoms with E-state index < -0.39 is 0 Å². The van der Waals surface area contributed by atoms with Gasteiger partial charge in [0.05, 0.1) is 24.7 Å². The van der Waals surface area contributed by atoms with Crippen molar-refractivity contribution in [2.45, 2.75) is 38.8 Å². The predicted octanol–water partition coefficient (Wildman–Crippen LogP) is 2.88. The number of carbonyl (C=O) groups excluding carboxylic acids is 2. The van der Waals surface area contributed by atoms with Gasteiger partial charge in [-0.15, -0.1) is 0 Å². The molecule has 1 aliphatic heterocycles. The Labute approximate surface area is 181 Å². The number of carbonyl (C=O) groups is 2. The number of H-pyrrole nitrogens is 1. The maximum absolute atomic E-state index is 12.9. The molecule has 162 valence electrons. The zero-order chi connectivity index (χ0) is 22.0. The predicted molar refractivity (Wildman–Crippen MR) is 119 cm³/mol. The minimum Gasteiger partial charge on any atom is -0.373 e. The lowest BCUT2D eigenvalue weighted by Gasteiger charge is -2.23. The van der Waals surface area contributed by atoms with Crippen molar-refractivity contribution in [2.24, 2.45) is 0 Å². The van der Waals surface area contributed by atoms with E-state index in [4.69, 9.17) is 4.98 Å². The summed E-state index contributed by atoms with van der Waals surface area (Å²) in [6.45, 7) is 2.68. The number of hydrogen-bond acceptors (Lipinski definition) is 5. The van der Waals surface area contributed by atoms with Crippen LogP contribution in [0, 0.1) is 0 Å². The van der Waals surface area contributed by atoms with Gasteiger partial charge in [0.15, 0.2) is 5.82 Å². The Morgan fingerprint density at radius 2 is 2.10 bits per heavy atom. The lowest BCUT2D eigenvalue weighted by molar-refractivity contribution is -0.130. The van der Waals surface area contributed by atoms with Crippen LogP contribution in [0.3, 0.4) is 0 Å². The third kappa shape index (κ3) is 4.38. The molecular weight excluding hydrogens is 392 g/mol. The maximum atomic E-state index is 12.9. The van der Waals surface area contributed by atoms with E-state index in [0.29, 0.717) is 24.6 Å². The second kappa shape index (κ2) is 8.75. The molecule has 1 atom stereocenters. The molecule has 0 saturated carbocycles. The highest BCUT2D eigenvalue weighted by Gasteiger charge is 2.30. The van der Waals surface area contributed by atoms with Gasteiger partial charge in [-0.2, -0.15) is 0 Å². The van der Waals surface area contributed by atoms with Gasteiger partial charge in [0, 0.05) is 50.7 Å². The Morgan fingerprint density at radius 3 is 2.87 bits per heavy atom. The summed E-state index contributed by atoms with van der Waals surface area (Å²) in [7, 11) is 3.59. The number of nitrogens with zero attached hydrogens (tertiary/aromatic N) is 4. The number of aromatic amines is 1. The molecule has 1 fully saturated rings. The summed E-state index contributed by atoms with van der Waals surface area (Å²) in [6, 6.07) is 9.71. The number of rotatable bonds is 6. The van der Waals surface area contributed by atoms with Crippen LogP contribution in [0.5, 0.6) is 0 Å². The minimum atomic E-state index is -0.114. The number of fused-ring (bicyclic) bond motifs is 1. The van der Waals surface area contributed by atoms with E-state index in [1.807, 2.05) is 41.4 Å². The molecule has 1 aliphatic rings. The van der Waals surface area contributed by atoms with Crippen LogP contribution >= 0.6 is 0 Å². The zero-order valence-electron chi connectivity index (χ0n) is 18.2. The first-order valence-electron chi connectivity index (χ1n) is 10.6. The lowest BCUT2D eigenvalue weighted by Crippen LogP contribution is -2.30. The van der Waals surface area contributed by atoms with Crippen molar-refractivity contribution >= 4 is 28.5 Å². The van der Waals surface area contributed by atoms with E-state index in [2.05, 4.69) is 15.3 Å². The fourth-order valence-corrected chi connectivity index (χ4v) is 4.19. The molecule has 2 amide bonds. The Kier molecular flexibility index (Phi) is 5.88. The lowest BCUT2D eigenvalue weighted by atomic mass is 10.1. The smallest absolute Gasteiger partial charge is 0.227 e. The number of likely N-dealkylation sites (tertiary alicyclic amines) is 1. The van der Waals surface area contributed by atoms with E-state index in [1.165, 1.54) is 0 Å². The quantitative estimate of drug-likeness (QED) is 0.640. The van der Waals surface area contributed by atoms with E-state index in [9.17, 15) is 9.59 Å². The molecule has 3 heterocycles. The van der Waals surface area contributed by atoms with Crippen molar-refractivity contribution in [3.63, 3.8) is 0 Å². The molecular formula is C23H28N6O2. The molecule has 1 aromatic carbocycles. The van der Waals surface area contributed by atoms with Gasteiger partial charge in [-0.05, 0) is 24.5 Å². The number of anilines is 1. The number of benzene rings is 1. The van der Waals surface area contributed by atoms with Gasteiger partial charge in [0.1, 0.15) is 5.82 Å². The van der Waals surface area contributed by atoms with E-state index in [-0.39, 0.29) is 17.9 Å². The average Bonchev–Trinajstić information content (AvgIpc) is 3.41. The third-order valence-corrected chi connectivity index (χ3v) is 5.85. The summed E-state index contributed by atoms with van der Waals surface area (Å²) in [5.41, 5.74) is 2.76. The van der Waals surface area contributed by atoms with Gasteiger partial charge in [-0.25, -0.2) is 9.97 Å². The van der Waals surface area contributed by atoms with E-state index in [0.717, 1.165) is 41.5 Å². The second-order valence-electron chi connectivity index (χ2n) is 8.01. The molecule has 0 unspecified atom stereocenters. The largest absolute Gasteiger partial charge is 0.373 e. The van der Waals surface area contributed by atoms with Gasteiger partial charge in [-0.3, -0.25) is 9.59 Å². The first-order chi connectivity index (χ1) is 15.0. The molecule has 0 radical (unpaired) electrons. The van der Waals surface area contributed by atoms with Crippen LogP contribution in [-0.4, -0.2) is 57.2 Å². The monoisotopic (exact) mass is 420 g/mol. The molecule has 0 bridgehead atoms. The van der Waals surface area contributed by atoms with Crippen molar-refractivity contribution in [3.05, 3.63) is 53.6 Å². The van der Waals surface area contributed by atoms with Gasteiger partial charge >= 0.3 is 0 Å². The number of likely N-dealkylation sites (N-methyl/N-ethyl adjacent to an activating group) is 1. The highest BCUT2D eigenvalue weighted by molar-refractivity contribution is 5.88. The van der Waals surface area contributed by atoms with Gasteiger partial charge in [-0.1, -0.05) is 18.2 Å². The van der Waals surface area contributed by atoms with Crippen molar-refractivity contribution in [2.75, 3.05) is 26.0 Å². The summed E-state index contributed by atoms with van der Waals surface area (Å²) >= 11 is 0. The Balaban J connectivity index is 1.51.